The van der Waals surface area contributed by atoms with Crippen LogP contribution in [0.3, 0.4) is 0 Å². The quantitative estimate of drug-likeness (QED) is 0.811. The molecule has 0 aromatic heterocycles. The van der Waals surface area contributed by atoms with Crippen molar-refractivity contribution in [2.24, 2.45) is 5.41 Å². The molecular formula is C16H24ClN. The highest BCUT2D eigenvalue weighted by Gasteiger charge is 2.35. The van der Waals surface area contributed by atoms with Gasteiger partial charge in [-0.25, -0.2) is 0 Å². The van der Waals surface area contributed by atoms with E-state index in [2.05, 4.69) is 37.4 Å². The van der Waals surface area contributed by atoms with Crippen LogP contribution in [0.2, 0.25) is 5.02 Å². The molecule has 2 rings (SSSR count). The molecule has 1 saturated carbocycles. The predicted octanol–water partition coefficient (Wildman–Crippen LogP) is 4.96. The Kier molecular flexibility index (Phi) is 4.69. The number of halogens is 1. The molecule has 18 heavy (non-hydrogen) atoms. The minimum atomic E-state index is 0.374. The Morgan fingerprint density at radius 2 is 2.00 bits per heavy atom. The molecule has 0 spiro atoms. The Hall–Kier alpha value is -0.530. The number of hydrogen-bond donors (Lipinski definition) is 1. The molecule has 1 aliphatic carbocycles. The first-order chi connectivity index (χ1) is 8.65. The largest absolute Gasteiger partial charge is 0.310 e. The maximum absolute atomic E-state index is 6.15. The summed E-state index contributed by atoms with van der Waals surface area (Å²) in [6, 6.07) is 8.78. The van der Waals surface area contributed by atoms with Gasteiger partial charge in [0.05, 0.1) is 0 Å². The van der Waals surface area contributed by atoms with E-state index in [9.17, 15) is 0 Å². The molecule has 1 fully saturated rings. The van der Waals surface area contributed by atoms with Gasteiger partial charge >= 0.3 is 0 Å². The first-order valence-corrected chi connectivity index (χ1v) is 7.52. The SMILES string of the molecule is CCNC(c1cccc(Cl)c1)C1(C)CCCCC1. The van der Waals surface area contributed by atoms with Crippen molar-refractivity contribution >= 4 is 11.6 Å². The van der Waals surface area contributed by atoms with Gasteiger partial charge in [0.15, 0.2) is 0 Å². The van der Waals surface area contributed by atoms with Crippen LogP contribution in [0.5, 0.6) is 0 Å². The van der Waals surface area contributed by atoms with Gasteiger partial charge in [-0.05, 0) is 42.5 Å². The molecular weight excluding hydrogens is 242 g/mol. The highest BCUT2D eigenvalue weighted by atomic mass is 35.5. The Bertz CT molecular complexity index is 382. The van der Waals surface area contributed by atoms with Crippen LogP contribution in [-0.2, 0) is 0 Å². The lowest BCUT2D eigenvalue weighted by Gasteiger charge is -2.41. The predicted molar refractivity (Wildman–Crippen MR) is 79.1 cm³/mol. The minimum Gasteiger partial charge on any atom is -0.310 e. The highest BCUT2D eigenvalue weighted by Crippen LogP contribution is 2.45. The van der Waals surface area contributed by atoms with Crippen molar-refractivity contribution < 1.29 is 0 Å². The molecule has 0 heterocycles. The monoisotopic (exact) mass is 265 g/mol. The zero-order valence-corrected chi connectivity index (χ0v) is 12.3. The summed E-state index contributed by atoms with van der Waals surface area (Å²) in [7, 11) is 0. The van der Waals surface area contributed by atoms with Crippen LogP contribution in [0.25, 0.3) is 0 Å². The van der Waals surface area contributed by atoms with Crippen LogP contribution in [0.15, 0.2) is 24.3 Å². The second kappa shape index (κ2) is 6.08. The van der Waals surface area contributed by atoms with Gasteiger partial charge in [0.25, 0.3) is 0 Å². The summed E-state index contributed by atoms with van der Waals surface area (Å²) in [6.45, 7) is 5.62. The maximum atomic E-state index is 6.15. The van der Waals surface area contributed by atoms with Crippen LogP contribution in [0.1, 0.15) is 57.6 Å². The molecule has 1 N–H and O–H groups in total. The van der Waals surface area contributed by atoms with E-state index in [1.54, 1.807) is 0 Å². The first-order valence-electron chi connectivity index (χ1n) is 7.14. The van der Waals surface area contributed by atoms with E-state index in [0.717, 1.165) is 11.6 Å². The van der Waals surface area contributed by atoms with Crippen molar-refractivity contribution in [1.29, 1.82) is 0 Å². The molecule has 0 saturated heterocycles. The molecule has 1 aromatic rings. The van der Waals surface area contributed by atoms with Gasteiger partial charge < -0.3 is 5.32 Å². The lowest BCUT2D eigenvalue weighted by Crippen LogP contribution is -2.37. The Labute approximate surface area is 116 Å². The molecule has 0 amide bonds. The fraction of sp³-hybridized carbons (Fsp3) is 0.625. The highest BCUT2D eigenvalue weighted by molar-refractivity contribution is 6.30. The van der Waals surface area contributed by atoms with Gasteiger partial charge in [0, 0.05) is 11.1 Å². The van der Waals surface area contributed by atoms with Crippen molar-refractivity contribution in [1.82, 2.24) is 5.32 Å². The second-order valence-electron chi connectivity index (χ2n) is 5.76. The molecule has 1 unspecified atom stereocenters. The van der Waals surface area contributed by atoms with Gasteiger partial charge in [-0.15, -0.1) is 0 Å². The smallest absolute Gasteiger partial charge is 0.0409 e. The normalized spacial score (nSPS) is 20.6. The molecule has 0 aliphatic heterocycles. The molecule has 1 nitrogen and oxygen atoms in total. The average Bonchev–Trinajstić information content (AvgIpc) is 2.36. The Balaban J connectivity index is 2.26. The summed E-state index contributed by atoms with van der Waals surface area (Å²) >= 11 is 6.15. The van der Waals surface area contributed by atoms with Crippen LogP contribution >= 0.6 is 11.6 Å². The van der Waals surface area contributed by atoms with Gasteiger partial charge in [-0.2, -0.15) is 0 Å². The summed E-state index contributed by atoms with van der Waals surface area (Å²) in [5.74, 6) is 0. The van der Waals surface area contributed by atoms with Crippen LogP contribution in [0, 0.1) is 5.41 Å². The fourth-order valence-corrected chi connectivity index (χ4v) is 3.50. The van der Waals surface area contributed by atoms with E-state index < -0.39 is 0 Å². The van der Waals surface area contributed by atoms with E-state index in [-0.39, 0.29) is 0 Å². The fourth-order valence-electron chi connectivity index (χ4n) is 3.31. The van der Waals surface area contributed by atoms with Crippen molar-refractivity contribution in [2.45, 2.75) is 52.0 Å². The molecule has 0 radical (unpaired) electrons. The van der Waals surface area contributed by atoms with E-state index in [1.807, 2.05) is 6.07 Å². The van der Waals surface area contributed by atoms with Crippen LogP contribution < -0.4 is 5.32 Å². The number of rotatable bonds is 4. The van der Waals surface area contributed by atoms with E-state index >= 15 is 0 Å². The topological polar surface area (TPSA) is 12.0 Å². The first kappa shape index (κ1) is 13.9. The van der Waals surface area contributed by atoms with Gasteiger partial charge in [0.1, 0.15) is 0 Å². The maximum Gasteiger partial charge on any atom is 0.0409 e. The van der Waals surface area contributed by atoms with Gasteiger partial charge in [-0.1, -0.05) is 56.8 Å². The number of hydrogen-bond acceptors (Lipinski definition) is 1. The molecule has 1 aromatic carbocycles. The summed E-state index contributed by atoms with van der Waals surface area (Å²) in [4.78, 5) is 0. The number of benzene rings is 1. The lowest BCUT2D eigenvalue weighted by molar-refractivity contribution is 0.146. The number of nitrogens with one attached hydrogen (secondary N) is 1. The van der Waals surface area contributed by atoms with Crippen molar-refractivity contribution in [3.8, 4) is 0 Å². The lowest BCUT2D eigenvalue weighted by atomic mass is 9.68. The third-order valence-corrected chi connectivity index (χ3v) is 4.52. The minimum absolute atomic E-state index is 0.374. The molecule has 2 heteroatoms. The molecule has 1 aliphatic rings. The molecule has 0 bridgehead atoms. The van der Waals surface area contributed by atoms with E-state index in [1.165, 1.54) is 37.7 Å². The standard InChI is InChI=1S/C16H24ClN/c1-3-18-15(13-8-7-9-14(17)12-13)16(2)10-5-4-6-11-16/h7-9,12,15,18H,3-6,10-11H2,1-2H3. The van der Waals surface area contributed by atoms with Crippen LogP contribution in [0.4, 0.5) is 0 Å². The summed E-state index contributed by atoms with van der Waals surface area (Å²) in [5, 5.41) is 4.52. The van der Waals surface area contributed by atoms with Gasteiger partial charge in [0.2, 0.25) is 0 Å². The molecule has 100 valence electrons. The zero-order valence-electron chi connectivity index (χ0n) is 11.5. The van der Waals surface area contributed by atoms with Crippen molar-refractivity contribution in [2.75, 3.05) is 6.54 Å². The Morgan fingerprint density at radius 3 is 2.61 bits per heavy atom. The third-order valence-electron chi connectivity index (χ3n) is 4.28. The molecule has 1 atom stereocenters. The summed E-state index contributed by atoms with van der Waals surface area (Å²) in [6.07, 6.45) is 6.75. The van der Waals surface area contributed by atoms with Crippen LogP contribution in [-0.4, -0.2) is 6.54 Å². The third kappa shape index (κ3) is 3.07. The summed E-state index contributed by atoms with van der Waals surface area (Å²) < 4.78 is 0. The summed E-state index contributed by atoms with van der Waals surface area (Å²) in [5.41, 5.74) is 1.72. The zero-order chi connectivity index (χ0) is 13.0. The van der Waals surface area contributed by atoms with Crippen molar-refractivity contribution in [3.05, 3.63) is 34.9 Å². The van der Waals surface area contributed by atoms with Crippen molar-refractivity contribution in [3.63, 3.8) is 0 Å². The van der Waals surface area contributed by atoms with E-state index in [0.29, 0.717) is 11.5 Å². The second-order valence-corrected chi connectivity index (χ2v) is 6.20. The average molecular weight is 266 g/mol. The van der Waals surface area contributed by atoms with E-state index in [4.69, 9.17) is 11.6 Å². The Morgan fingerprint density at radius 1 is 1.28 bits per heavy atom. The van der Waals surface area contributed by atoms with Gasteiger partial charge in [-0.3, -0.25) is 0 Å².